The number of ketones is 1. The summed E-state index contributed by atoms with van der Waals surface area (Å²) in [6.07, 6.45) is 1.19. The minimum Gasteiger partial charge on any atom is -0.379 e. The van der Waals surface area contributed by atoms with E-state index in [4.69, 9.17) is 4.74 Å². The summed E-state index contributed by atoms with van der Waals surface area (Å²) in [7, 11) is 1.67. The van der Waals surface area contributed by atoms with Crippen LogP contribution in [-0.2, 0) is 4.74 Å². The Labute approximate surface area is 119 Å². The van der Waals surface area contributed by atoms with Gasteiger partial charge in [0.15, 0.2) is 5.78 Å². The summed E-state index contributed by atoms with van der Waals surface area (Å²) in [6.45, 7) is 3.96. The van der Waals surface area contributed by atoms with E-state index in [1.54, 1.807) is 7.11 Å². The first-order chi connectivity index (χ1) is 7.85. The zero-order valence-electron chi connectivity index (χ0n) is 10.2. The number of methoxy groups -OCH3 is 1. The van der Waals surface area contributed by atoms with Gasteiger partial charge in [0.2, 0.25) is 0 Å². The summed E-state index contributed by atoms with van der Waals surface area (Å²) in [5.41, 5.74) is 0.458. The van der Waals surface area contributed by atoms with Gasteiger partial charge in [-0.15, -0.1) is 0 Å². The predicted octanol–water partition coefficient (Wildman–Crippen LogP) is 4.60. The van der Waals surface area contributed by atoms with Crippen LogP contribution in [0, 0.1) is 0 Å². The van der Waals surface area contributed by atoms with Crippen LogP contribution in [0.4, 0.5) is 0 Å². The average Bonchev–Trinajstić information content (AvgIpc) is 2.29. The van der Waals surface area contributed by atoms with Gasteiger partial charge in [0.1, 0.15) is 0 Å². The third-order valence-electron chi connectivity index (χ3n) is 2.74. The van der Waals surface area contributed by atoms with Gasteiger partial charge in [-0.05, 0) is 38.5 Å². The SMILES string of the molecule is COC(C)(C)CCC(=O)c1cc(Br)ccc1Br. The van der Waals surface area contributed by atoms with Crippen molar-refractivity contribution in [3.8, 4) is 0 Å². The fourth-order valence-corrected chi connectivity index (χ4v) is 2.19. The maximum absolute atomic E-state index is 12.1. The molecule has 1 rings (SSSR count). The van der Waals surface area contributed by atoms with Crippen LogP contribution in [0.2, 0.25) is 0 Å². The first-order valence-corrected chi connectivity index (χ1v) is 6.98. The molecule has 17 heavy (non-hydrogen) atoms. The van der Waals surface area contributed by atoms with Crippen LogP contribution in [-0.4, -0.2) is 18.5 Å². The number of hydrogen-bond acceptors (Lipinski definition) is 2. The molecule has 0 bridgehead atoms. The molecule has 2 nitrogen and oxygen atoms in total. The summed E-state index contributed by atoms with van der Waals surface area (Å²) in [4.78, 5) is 12.1. The van der Waals surface area contributed by atoms with Crippen molar-refractivity contribution in [3.63, 3.8) is 0 Å². The molecule has 0 amide bonds. The predicted molar refractivity (Wildman–Crippen MR) is 76.5 cm³/mol. The molecule has 0 N–H and O–H groups in total. The van der Waals surface area contributed by atoms with Crippen LogP contribution in [0.25, 0.3) is 0 Å². The lowest BCUT2D eigenvalue weighted by Gasteiger charge is -2.22. The molecule has 0 unspecified atom stereocenters. The molecule has 94 valence electrons. The van der Waals surface area contributed by atoms with Gasteiger partial charge in [0.05, 0.1) is 5.60 Å². The first-order valence-electron chi connectivity index (χ1n) is 5.39. The Morgan fingerprint density at radius 2 is 2.00 bits per heavy atom. The van der Waals surface area contributed by atoms with Crippen molar-refractivity contribution in [1.82, 2.24) is 0 Å². The summed E-state index contributed by atoms with van der Waals surface area (Å²) in [6, 6.07) is 5.62. The number of halogens is 2. The Kier molecular flexibility index (Phi) is 5.35. The lowest BCUT2D eigenvalue weighted by atomic mass is 9.98. The van der Waals surface area contributed by atoms with Crippen molar-refractivity contribution >= 4 is 37.6 Å². The molecule has 0 aliphatic carbocycles. The van der Waals surface area contributed by atoms with Gasteiger partial charge in [-0.2, -0.15) is 0 Å². The summed E-state index contributed by atoms with van der Waals surface area (Å²) >= 11 is 6.77. The lowest BCUT2D eigenvalue weighted by Crippen LogP contribution is -2.23. The standard InChI is InChI=1S/C13H16Br2O2/c1-13(2,17-3)7-6-12(16)10-8-9(14)4-5-11(10)15/h4-5,8H,6-7H2,1-3H3. The zero-order valence-corrected chi connectivity index (χ0v) is 13.4. The Morgan fingerprint density at radius 3 is 2.59 bits per heavy atom. The van der Waals surface area contributed by atoms with Gasteiger partial charge >= 0.3 is 0 Å². The fraction of sp³-hybridized carbons (Fsp3) is 0.462. The molecule has 0 saturated heterocycles. The molecule has 4 heteroatoms. The van der Waals surface area contributed by atoms with Crippen molar-refractivity contribution in [3.05, 3.63) is 32.7 Å². The topological polar surface area (TPSA) is 26.3 Å². The smallest absolute Gasteiger partial charge is 0.164 e. The third-order valence-corrected chi connectivity index (χ3v) is 3.92. The highest BCUT2D eigenvalue weighted by Crippen LogP contribution is 2.25. The maximum atomic E-state index is 12.1. The van der Waals surface area contributed by atoms with E-state index in [0.717, 1.165) is 8.95 Å². The van der Waals surface area contributed by atoms with E-state index in [1.807, 2.05) is 32.0 Å². The average molecular weight is 364 g/mol. The van der Waals surface area contributed by atoms with Crippen LogP contribution < -0.4 is 0 Å². The van der Waals surface area contributed by atoms with Gasteiger partial charge in [-0.25, -0.2) is 0 Å². The monoisotopic (exact) mass is 362 g/mol. The first kappa shape index (κ1) is 14.9. The molecule has 0 atom stereocenters. The van der Waals surface area contributed by atoms with E-state index in [2.05, 4.69) is 31.9 Å². The normalized spacial score (nSPS) is 11.6. The largest absolute Gasteiger partial charge is 0.379 e. The van der Waals surface area contributed by atoms with Crippen LogP contribution in [0.3, 0.4) is 0 Å². The molecule has 0 fully saturated rings. The highest BCUT2D eigenvalue weighted by atomic mass is 79.9. The highest BCUT2D eigenvalue weighted by molar-refractivity contribution is 9.11. The van der Waals surface area contributed by atoms with Crippen molar-refractivity contribution in [1.29, 1.82) is 0 Å². The van der Waals surface area contributed by atoms with Gasteiger partial charge in [-0.3, -0.25) is 4.79 Å². The number of carbonyl (C=O) groups is 1. The molecule has 1 aromatic rings. The van der Waals surface area contributed by atoms with E-state index in [9.17, 15) is 4.79 Å². The lowest BCUT2D eigenvalue weighted by molar-refractivity contribution is 0.0141. The summed E-state index contributed by atoms with van der Waals surface area (Å²) in [5.74, 6) is 0.128. The summed E-state index contributed by atoms with van der Waals surface area (Å²) in [5, 5.41) is 0. The second-order valence-corrected chi connectivity index (χ2v) is 6.28. The molecule has 0 heterocycles. The Bertz CT molecular complexity index is 414. The number of rotatable bonds is 5. The van der Waals surface area contributed by atoms with Gasteiger partial charge in [-0.1, -0.05) is 31.9 Å². The van der Waals surface area contributed by atoms with Gasteiger partial charge < -0.3 is 4.74 Å². The molecular weight excluding hydrogens is 348 g/mol. The molecule has 0 spiro atoms. The van der Waals surface area contributed by atoms with Crippen LogP contribution in [0.5, 0.6) is 0 Å². The number of carbonyl (C=O) groups excluding carboxylic acids is 1. The second-order valence-electron chi connectivity index (χ2n) is 4.51. The van der Waals surface area contributed by atoms with Crippen molar-refractivity contribution < 1.29 is 9.53 Å². The number of benzene rings is 1. The van der Waals surface area contributed by atoms with E-state index in [-0.39, 0.29) is 11.4 Å². The molecule has 0 aliphatic rings. The molecular formula is C13H16Br2O2. The minimum atomic E-state index is -0.256. The van der Waals surface area contributed by atoms with Crippen LogP contribution in [0.1, 0.15) is 37.0 Å². The van der Waals surface area contributed by atoms with Crippen LogP contribution >= 0.6 is 31.9 Å². The zero-order chi connectivity index (χ0) is 13.1. The van der Waals surface area contributed by atoms with Crippen LogP contribution in [0.15, 0.2) is 27.1 Å². The molecule has 0 radical (unpaired) electrons. The molecule has 0 saturated carbocycles. The molecule has 0 aliphatic heterocycles. The van der Waals surface area contributed by atoms with Crippen molar-refractivity contribution in [2.75, 3.05) is 7.11 Å². The Balaban J connectivity index is 2.74. The van der Waals surface area contributed by atoms with E-state index >= 15 is 0 Å². The molecule has 1 aromatic carbocycles. The Hall–Kier alpha value is -0.190. The third kappa shape index (κ3) is 4.53. The van der Waals surface area contributed by atoms with E-state index in [1.165, 1.54) is 0 Å². The van der Waals surface area contributed by atoms with Crippen molar-refractivity contribution in [2.24, 2.45) is 0 Å². The maximum Gasteiger partial charge on any atom is 0.164 e. The fourth-order valence-electron chi connectivity index (χ4n) is 1.36. The van der Waals surface area contributed by atoms with Gasteiger partial charge in [0, 0.05) is 28.0 Å². The second kappa shape index (κ2) is 6.12. The summed E-state index contributed by atoms with van der Waals surface area (Å²) < 4.78 is 7.05. The molecule has 0 aromatic heterocycles. The minimum absolute atomic E-state index is 0.128. The quantitative estimate of drug-likeness (QED) is 0.714. The Morgan fingerprint density at radius 1 is 1.35 bits per heavy atom. The van der Waals surface area contributed by atoms with Gasteiger partial charge in [0.25, 0.3) is 0 Å². The number of Topliss-reactive ketones (excluding diaryl/α,β-unsaturated/α-hetero) is 1. The highest BCUT2D eigenvalue weighted by Gasteiger charge is 2.19. The number of ether oxygens (including phenoxy) is 1. The number of hydrogen-bond donors (Lipinski definition) is 0. The van der Waals surface area contributed by atoms with E-state index < -0.39 is 0 Å². The van der Waals surface area contributed by atoms with E-state index in [0.29, 0.717) is 18.4 Å². The van der Waals surface area contributed by atoms with Crippen molar-refractivity contribution in [2.45, 2.75) is 32.3 Å².